The summed E-state index contributed by atoms with van der Waals surface area (Å²) in [6, 6.07) is 0. The molecule has 0 bridgehead atoms. The summed E-state index contributed by atoms with van der Waals surface area (Å²) in [5.41, 5.74) is 0. The number of aliphatic hydroxyl groups excluding tert-OH is 1. The van der Waals surface area contributed by atoms with Crippen LogP contribution in [-0.2, 0) is 0 Å². The fraction of sp³-hybridized carbons (Fsp3) is 1.00. The molecule has 19 heavy (non-hydrogen) atoms. The first-order chi connectivity index (χ1) is 8.45. The van der Waals surface area contributed by atoms with E-state index in [4.69, 9.17) is 5.11 Å². The summed E-state index contributed by atoms with van der Waals surface area (Å²) in [6.07, 6.45) is -6.34. The van der Waals surface area contributed by atoms with Gasteiger partial charge >= 0.3 is 18.0 Å². The normalized spacial score (nSPS) is 15.6. The van der Waals surface area contributed by atoms with E-state index in [1.165, 1.54) is 22.6 Å². The largest absolute Gasteiger partial charge is 0.459 e. The summed E-state index contributed by atoms with van der Waals surface area (Å²) in [6.45, 7) is -0.0752. The quantitative estimate of drug-likeness (QED) is 0.269. The molecule has 0 spiro atoms. The van der Waals surface area contributed by atoms with Gasteiger partial charge in [0.05, 0.1) is 0 Å². The van der Waals surface area contributed by atoms with E-state index in [1.807, 2.05) is 0 Å². The van der Waals surface area contributed by atoms with Crippen LogP contribution in [0.2, 0.25) is 0 Å². The van der Waals surface area contributed by atoms with Crippen LogP contribution in [0.1, 0.15) is 32.1 Å². The van der Waals surface area contributed by atoms with E-state index in [0.717, 1.165) is 0 Å². The van der Waals surface area contributed by atoms with Gasteiger partial charge < -0.3 is 5.11 Å². The fourth-order valence-electron chi connectivity index (χ4n) is 1.37. The molecule has 0 aliphatic rings. The van der Waals surface area contributed by atoms with Crippen molar-refractivity contribution in [2.24, 2.45) is 0 Å². The maximum atomic E-state index is 13.0. The Morgan fingerprint density at radius 3 is 1.84 bits per heavy atom. The average molecular weight is 410 g/mol. The molecule has 1 unspecified atom stereocenters. The average Bonchev–Trinajstić information content (AvgIpc) is 2.22. The second-order valence-corrected chi connectivity index (χ2v) is 5.91. The lowest BCUT2D eigenvalue weighted by Gasteiger charge is -2.29. The molecule has 9 heteroatoms. The van der Waals surface area contributed by atoms with Crippen LogP contribution in [0.5, 0.6) is 0 Å². The highest BCUT2D eigenvalue weighted by atomic mass is 127. The Morgan fingerprint density at radius 1 is 0.895 bits per heavy atom. The van der Waals surface area contributed by atoms with E-state index in [2.05, 4.69) is 0 Å². The molecule has 0 aliphatic heterocycles. The third-order valence-electron chi connectivity index (χ3n) is 2.47. The SMILES string of the molecule is OCCCCCC(I)CC(F)(F)C(F)(F)C(F)(F)F. The minimum absolute atomic E-state index is 0.0752. The second kappa shape index (κ2) is 7.28. The zero-order valence-corrected chi connectivity index (χ0v) is 11.9. The Labute approximate surface area is 119 Å². The number of unbranched alkanes of at least 4 members (excludes halogenated alkanes) is 2. The van der Waals surface area contributed by atoms with Gasteiger partial charge in [0.15, 0.2) is 0 Å². The molecule has 0 heterocycles. The topological polar surface area (TPSA) is 20.2 Å². The Morgan fingerprint density at radius 2 is 1.42 bits per heavy atom. The Balaban J connectivity index is 4.43. The van der Waals surface area contributed by atoms with Crippen LogP contribution in [0.25, 0.3) is 0 Å². The van der Waals surface area contributed by atoms with Gasteiger partial charge in [0.2, 0.25) is 0 Å². The first kappa shape index (κ1) is 19.2. The molecule has 116 valence electrons. The molecular weight excluding hydrogens is 396 g/mol. The minimum atomic E-state index is -6.26. The molecule has 1 nitrogen and oxygen atoms in total. The molecule has 0 rings (SSSR count). The minimum Gasteiger partial charge on any atom is -0.396 e. The summed E-state index contributed by atoms with van der Waals surface area (Å²) in [5, 5.41) is 8.47. The number of alkyl halides is 8. The van der Waals surface area contributed by atoms with E-state index in [-0.39, 0.29) is 13.0 Å². The van der Waals surface area contributed by atoms with Crippen molar-refractivity contribution in [3.63, 3.8) is 0 Å². The van der Waals surface area contributed by atoms with E-state index in [0.29, 0.717) is 19.3 Å². The molecule has 0 saturated carbocycles. The highest BCUT2D eigenvalue weighted by Gasteiger charge is 2.72. The van der Waals surface area contributed by atoms with Crippen molar-refractivity contribution in [3.05, 3.63) is 0 Å². The Bertz CT molecular complexity index is 267. The van der Waals surface area contributed by atoms with Crippen LogP contribution in [0.4, 0.5) is 30.7 Å². The van der Waals surface area contributed by atoms with Gasteiger partial charge in [-0.25, -0.2) is 0 Å². The standard InChI is InChI=1S/C10H14F7IO/c11-8(12,9(13,14)10(15,16)17)6-7(18)4-2-1-3-5-19/h7,19H,1-6H2. The third-order valence-corrected chi connectivity index (χ3v) is 3.53. The molecule has 0 amide bonds. The third kappa shape index (κ3) is 5.60. The summed E-state index contributed by atoms with van der Waals surface area (Å²) < 4.78 is 85.8. The summed E-state index contributed by atoms with van der Waals surface area (Å²) in [7, 11) is 0. The van der Waals surface area contributed by atoms with Gasteiger partial charge in [0, 0.05) is 17.0 Å². The van der Waals surface area contributed by atoms with Crippen LogP contribution in [0, 0.1) is 0 Å². The summed E-state index contributed by atoms with van der Waals surface area (Å²) in [5.74, 6) is -11.1. The molecule has 0 aromatic carbocycles. The van der Waals surface area contributed by atoms with Gasteiger partial charge in [-0.15, -0.1) is 0 Å². The highest BCUT2D eigenvalue weighted by molar-refractivity contribution is 14.1. The van der Waals surface area contributed by atoms with Crippen molar-refractivity contribution in [2.75, 3.05) is 6.61 Å². The van der Waals surface area contributed by atoms with Crippen LogP contribution >= 0.6 is 22.6 Å². The van der Waals surface area contributed by atoms with Crippen LogP contribution in [0.3, 0.4) is 0 Å². The molecule has 0 saturated heterocycles. The monoisotopic (exact) mass is 410 g/mol. The van der Waals surface area contributed by atoms with Crippen molar-refractivity contribution < 1.29 is 35.8 Å². The fourth-order valence-corrected chi connectivity index (χ4v) is 2.36. The molecule has 0 aromatic rings. The number of aliphatic hydroxyl groups is 1. The second-order valence-electron chi connectivity index (χ2n) is 4.15. The molecular formula is C10H14F7IO. The lowest BCUT2D eigenvalue weighted by atomic mass is 10.0. The zero-order chi connectivity index (χ0) is 15.3. The maximum absolute atomic E-state index is 13.0. The van der Waals surface area contributed by atoms with Gasteiger partial charge in [-0.2, -0.15) is 30.7 Å². The number of halogens is 8. The van der Waals surface area contributed by atoms with E-state index >= 15 is 0 Å². The maximum Gasteiger partial charge on any atom is 0.459 e. The van der Waals surface area contributed by atoms with Gasteiger partial charge in [0.1, 0.15) is 0 Å². The van der Waals surface area contributed by atoms with Crippen LogP contribution < -0.4 is 0 Å². The van der Waals surface area contributed by atoms with Gasteiger partial charge in [-0.3, -0.25) is 0 Å². The summed E-state index contributed by atoms with van der Waals surface area (Å²) in [4.78, 5) is 0. The molecule has 0 aromatic heterocycles. The Hall–Kier alpha value is 0.200. The van der Waals surface area contributed by atoms with Gasteiger partial charge in [-0.1, -0.05) is 35.4 Å². The predicted molar refractivity (Wildman–Crippen MR) is 63.9 cm³/mol. The smallest absolute Gasteiger partial charge is 0.396 e. The van der Waals surface area contributed by atoms with Crippen molar-refractivity contribution in [3.8, 4) is 0 Å². The molecule has 1 N–H and O–H groups in total. The lowest BCUT2D eigenvalue weighted by molar-refractivity contribution is -0.355. The van der Waals surface area contributed by atoms with Crippen LogP contribution in [-0.4, -0.2) is 33.7 Å². The zero-order valence-electron chi connectivity index (χ0n) is 9.79. The number of hydrogen-bond acceptors (Lipinski definition) is 1. The highest BCUT2D eigenvalue weighted by Crippen LogP contribution is 2.49. The molecule has 0 aliphatic carbocycles. The van der Waals surface area contributed by atoms with Gasteiger partial charge in [-0.05, 0) is 12.8 Å². The van der Waals surface area contributed by atoms with Crippen molar-refractivity contribution in [1.29, 1.82) is 0 Å². The molecule has 0 radical (unpaired) electrons. The predicted octanol–water partition coefficient (Wildman–Crippen LogP) is 4.57. The number of rotatable bonds is 8. The lowest BCUT2D eigenvalue weighted by Crippen LogP contribution is -2.52. The van der Waals surface area contributed by atoms with Crippen molar-refractivity contribution >= 4 is 22.6 Å². The molecule has 0 fully saturated rings. The number of hydrogen-bond donors (Lipinski definition) is 1. The first-order valence-corrected chi connectivity index (χ1v) is 6.77. The van der Waals surface area contributed by atoms with E-state index in [1.54, 1.807) is 0 Å². The van der Waals surface area contributed by atoms with Gasteiger partial charge in [0.25, 0.3) is 0 Å². The Kier molecular flexibility index (Phi) is 7.35. The van der Waals surface area contributed by atoms with Crippen LogP contribution in [0.15, 0.2) is 0 Å². The van der Waals surface area contributed by atoms with E-state index in [9.17, 15) is 30.7 Å². The molecule has 1 atom stereocenters. The van der Waals surface area contributed by atoms with E-state index < -0.39 is 28.4 Å². The first-order valence-electron chi connectivity index (χ1n) is 5.53. The van der Waals surface area contributed by atoms with Crippen molar-refractivity contribution in [2.45, 2.75) is 54.1 Å². The van der Waals surface area contributed by atoms with Crippen molar-refractivity contribution in [1.82, 2.24) is 0 Å². The summed E-state index contributed by atoms with van der Waals surface area (Å²) >= 11 is 1.44.